The number of urea groups is 1. The maximum atomic E-state index is 16.2. The quantitative estimate of drug-likeness (QED) is 0.202. The maximum Gasteiger partial charge on any atom is 0.327 e. The molecule has 2 saturated heterocycles. The Balaban J connectivity index is 1.03. The van der Waals surface area contributed by atoms with E-state index >= 15 is 4.39 Å². The number of likely N-dealkylation sites (N-methyl/N-ethyl adjacent to an activating group) is 1. The number of pyridine rings is 2. The van der Waals surface area contributed by atoms with Gasteiger partial charge in [0.15, 0.2) is 11.6 Å². The number of nitrogens with zero attached hydrogens (tertiary/aromatic N) is 6. The standard InChI is InChI=1S/C36H35ClF2N8O5/c1-44-9-3-4-17-13-45(16-28(17)44)30-25(39)11-21-29(33(30)51-2)47(19-7-8-19)14-22(31(21)48)34-42-43-36(52-34)41-35(50)40-26-15-46(18-5-6-18)27-12-23(37)24(38)10-20(27)32(26)49/h10-12,14-15,17-19,28H,3-9,13,16H2,1-2H3,(H2,40,41,43,50). The fourth-order valence-electron chi connectivity index (χ4n) is 8.03. The Morgan fingerprint density at radius 3 is 2.42 bits per heavy atom. The number of fused-ring (bicyclic) bond motifs is 3. The van der Waals surface area contributed by atoms with Crippen LogP contribution in [0, 0.1) is 17.6 Å². The van der Waals surface area contributed by atoms with Gasteiger partial charge in [0.05, 0.1) is 33.9 Å². The molecule has 4 fully saturated rings. The summed E-state index contributed by atoms with van der Waals surface area (Å²) in [6, 6.07) is 2.98. The number of anilines is 3. The summed E-state index contributed by atoms with van der Waals surface area (Å²) in [6.07, 6.45) is 8.76. The fraction of sp³-hybridized carbons (Fsp3) is 0.417. The van der Waals surface area contributed by atoms with Crippen molar-refractivity contribution in [3.63, 3.8) is 0 Å². The van der Waals surface area contributed by atoms with Gasteiger partial charge in [0, 0.05) is 43.6 Å². The van der Waals surface area contributed by atoms with Crippen molar-refractivity contribution >= 4 is 56.8 Å². The van der Waals surface area contributed by atoms with Crippen LogP contribution in [0.4, 0.5) is 31.0 Å². The van der Waals surface area contributed by atoms with Crippen LogP contribution >= 0.6 is 11.6 Å². The third-order valence-corrected chi connectivity index (χ3v) is 11.1. The Kier molecular flexibility index (Phi) is 7.77. The van der Waals surface area contributed by atoms with E-state index in [0.29, 0.717) is 47.5 Å². The van der Waals surface area contributed by atoms with Crippen molar-refractivity contribution in [1.82, 2.24) is 24.2 Å². The van der Waals surface area contributed by atoms with Gasteiger partial charge in [0.1, 0.15) is 22.8 Å². The number of nitrogens with one attached hydrogen (secondary N) is 2. The second-order valence-corrected chi connectivity index (χ2v) is 14.7. The average Bonchev–Trinajstić information content (AvgIpc) is 4.05. The molecule has 2 aliphatic carbocycles. The number of aromatic nitrogens is 4. The number of rotatable bonds is 7. The Bertz CT molecular complexity index is 2420. The number of methoxy groups -OCH3 is 1. The molecule has 2 saturated carbocycles. The normalized spacial score (nSPS) is 20.4. The highest BCUT2D eigenvalue weighted by atomic mass is 35.5. The molecule has 270 valence electrons. The monoisotopic (exact) mass is 732 g/mol. The van der Waals surface area contributed by atoms with Crippen LogP contribution in [0.5, 0.6) is 5.75 Å². The lowest BCUT2D eigenvalue weighted by molar-refractivity contribution is 0.158. The van der Waals surface area contributed by atoms with Crippen LogP contribution in [-0.4, -0.2) is 70.1 Å². The number of hydrogen-bond acceptors (Lipinski definition) is 9. The Morgan fingerprint density at radius 2 is 1.69 bits per heavy atom. The molecule has 0 radical (unpaired) electrons. The van der Waals surface area contributed by atoms with Gasteiger partial charge in [0.25, 0.3) is 5.89 Å². The van der Waals surface area contributed by atoms with Crippen LogP contribution in [0.15, 0.2) is 44.6 Å². The van der Waals surface area contributed by atoms with E-state index in [1.54, 1.807) is 10.8 Å². The summed E-state index contributed by atoms with van der Waals surface area (Å²) in [7, 11) is 3.61. The number of halogens is 3. The highest BCUT2D eigenvalue weighted by Gasteiger charge is 2.40. The molecule has 2 amide bonds. The Morgan fingerprint density at radius 1 is 0.942 bits per heavy atom. The van der Waals surface area contributed by atoms with Crippen molar-refractivity contribution in [2.45, 2.75) is 56.7 Å². The third-order valence-electron chi connectivity index (χ3n) is 10.9. The number of benzene rings is 2. The Labute approximate surface area is 300 Å². The second-order valence-electron chi connectivity index (χ2n) is 14.3. The van der Waals surface area contributed by atoms with Gasteiger partial charge >= 0.3 is 12.0 Å². The number of amides is 2. The number of hydrogen-bond donors (Lipinski definition) is 2. The molecule has 16 heteroatoms. The SMILES string of the molecule is COc1c(N2CC3CCCN(C)C3C2)c(F)cc2c(=O)c(-c3nnc(NC(=O)Nc4cn(C5CC5)c5cc(Cl)c(F)cc5c4=O)o3)cn(C3CC3)c12. The molecule has 13 nitrogen and oxygen atoms in total. The predicted molar refractivity (Wildman–Crippen MR) is 192 cm³/mol. The molecular weight excluding hydrogens is 698 g/mol. The van der Waals surface area contributed by atoms with E-state index < -0.39 is 28.5 Å². The molecule has 2 aromatic carbocycles. The molecule has 2 unspecified atom stereocenters. The molecule has 2 atom stereocenters. The second kappa shape index (κ2) is 12.3. The summed E-state index contributed by atoms with van der Waals surface area (Å²) in [6.45, 7) is 2.38. The first kappa shape index (κ1) is 32.9. The summed E-state index contributed by atoms with van der Waals surface area (Å²) in [4.78, 5) is 44.7. The van der Waals surface area contributed by atoms with E-state index in [0.717, 1.165) is 51.1 Å². The van der Waals surface area contributed by atoms with Crippen LogP contribution in [-0.2, 0) is 0 Å². The number of ether oxygens (including phenoxy) is 1. The lowest BCUT2D eigenvalue weighted by atomic mass is 9.93. The van der Waals surface area contributed by atoms with Crippen LogP contribution in [0.25, 0.3) is 33.3 Å². The zero-order chi connectivity index (χ0) is 36.0. The minimum absolute atomic E-state index is 0.0333. The predicted octanol–water partition coefficient (Wildman–Crippen LogP) is 6.15. The third kappa shape index (κ3) is 5.48. The van der Waals surface area contributed by atoms with Crippen LogP contribution in [0.3, 0.4) is 0 Å². The number of piperidine rings is 1. The molecule has 4 aliphatic rings. The number of likely N-dealkylation sites (tertiary alicyclic amines) is 1. The summed E-state index contributed by atoms with van der Waals surface area (Å²) < 4.78 is 45.9. The van der Waals surface area contributed by atoms with Gasteiger partial charge < -0.3 is 33.4 Å². The maximum absolute atomic E-state index is 16.2. The first-order valence-corrected chi connectivity index (χ1v) is 17.8. The van der Waals surface area contributed by atoms with Crippen molar-refractivity contribution in [3.05, 3.63) is 67.7 Å². The van der Waals surface area contributed by atoms with Crippen molar-refractivity contribution < 1.29 is 22.7 Å². The molecule has 0 spiro atoms. The van der Waals surface area contributed by atoms with E-state index in [4.69, 9.17) is 20.8 Å². The van der Waals surface area contributed by atoms with Crippen molar-refractivity contribution in [2.75, 3.05) is 49.3 Å². The van der Waals surface area contributed by atoms with E-state index in [1.807, 2.05) is 4.57 Å². The highest BCUT2D eigenvalue weighted by Crippen LogP contribution is 2.46. The molecule has 3 aromatic heterocycles. The topological polar surface area (TPSA) is 140 Å². The van der Waals surface area contributed by atoms with Gasteiger partial charge in [0.2, 0.25) is 10.9 Å². The van der Waals surface area contributed by atoms with E-state index in [1.165, 1.54) is 25.4 Å². The molecule has 5 heterocycles. The fourth-order valence-corrected chi connectivity index (χ4v) is 8.19. The van der Waals surface area contributed by atoms with Crippen LogP contribution in [0.1, 0.15) is 50.6 Å². The summed E-state index contributed by atoms with van der Waals surface area (Å²) >= 11 is 6.00. The lowest BCUT2D eigenvalue weighted by Gasteiger charge is -2.33. The zero-order valence-electron chi connectivity index (χ0n) is 28.4. The lowest BCUT2D eigenvalue weighted by Crippen LogP contribution is -2.42. The van der Waals surface area contributed by atoms with Gasteiger partial charge in [-0.25, -0.2) is 13.6 Å². The molecule has 5 aromatic rings. The first-order valence-electron chi connectivity index (χ1n) is 17.5. The molecule has 2 N–H and O–H groups in total. The van der Waals surface area contributed by atoms with E-state index in [-0.39, 0.29) is 51.0 Å². The van der Waals surface area contributed by atoms with Gasteiger partial charge in [-0.2, -0.15) is 0 Å². The summed E-state index contributed by atoms with van der Waals surface area (Å²) in [5, 5.41) is 12.9. The molecular formula is C36H35ClF2N8O5. The van der Waals surface area contributed by atoms with E-state index in [9.17, 15) is 18.8 Å². The van der Waals surface area contributed by atoms with Gasteiger partial charge in [-0.15, -0.1) is 5.10 Å². The van der Waals surface area contributed by atoms with E-state index in [2.05, 4.69) is 37.7 Å². The largest absolute Gasteiger partial charge is 0.492 e. The Hall–Kier alpha value is -5.02. The molecule has 52 heavy (non-hydrogen) atoms. The summed E-state index contributed by atoms with van der Waals surface area (Å²) in [5.74, 6) is -0.737. The molecule has 9 rings (SSSR count). The number of carbonyl (C=O) groups excluding carboxylic acids is 1. The first-order chi connectivity index (χ1) is 25.1. The zero-order valence-corrected chi connectivity index (χ0v) is 29.2. The summed E-state index contributed by atoms with van der Waals surface area (Å²) in [5.41, 5.74) is 0.148. The molecule has 2 aliphatic heterocycles. The minimum Gasteiger partial charge on any atom is -0.492 e. The van der Waals surface area contributed by atoms with Crippen molar-refractivity contribution in [2.24, 2.45) is 5.92 Å². The average molecular weight is 733 g/mol. The van der Waals surface area contributed by atoms with Gasteiger partial charge in [-0.3, -0.25) is 14.9 Å². The highest BCUT2D eigenvalue weighted by molar-refractivity contribution is 6.31. The van der Waals surface area contributed by atoms with Crippen molar-refractivity contribution in [3.8, 4) is 17.2 Å². The van der Waals surface area contributed by atoms with Gasteiger partial charge in [-0.05, 0) is 76.2 Å². The van der Waals surface area contributed by atoms with Crippen LogP contribution in [0.2, 0.25) is 5.02 Å². The van der Waals surface area contributed by atoms with Crippen LogP contribution < -0.4 is 31.1 Å². The number of carbonyl (C=O) groups is 1. The van der Waals surface area contributed by atoms with Crippen molar-refractivity contribution in [1.29, 1.82) is 0 Å². The van der Waals surface area contributed by atoms with Gasteiger partial charge in [-0.1, -0.05) is 16.7 Å². The minimum atomic E-state index is -0.871. The smallest absolute Gasteiger partial charge is 0.327 e. The molecule has 0 bridgehead atoms.